The lowest BCUT2D eigenvalue weighted by Crippen LogP contribution is -2.46. The highest BCUT2D eigenvalue weighted by atomic mass is 16.2. The number of nitrogens with zero attached hydrogens (tertiary/aromatic N) is 3. The predicted molar refractivity (Wildman–Crippen MR) is 77.2 cm³/mol. The van der Waals surface area contributed by atoms with Gasteiger partial charge in [-0.15, -0.1) is 0 Å². The van der Waals surface area contributed by atoms with Crippen molar-refractivity contribution in [3.05, 3.63) is 12.2 Å². The SMILES string of the molecule is CC(C)C(=O)N1CCCC(C(=O)NCCc2ncn[nH]2)C1. The second-order valence-corrected chi connectivity index (χ2v) is 5.75. The highest BCUT2D eigenvalue weighted by Gasteiger charge is 2.29. The number of carbonyl (C=O) groups is 2. The number of hydrogen-bond donors (Lipinski definition) is 2. The van der Waals surface area contributed by atoms with Gasteiger partial charge in [-0.25, -0.2) is 4.98 Å². The summed E-state index contributed by atoms with van der Waals surface area (Å²) in [4.78, 5) is 30.0. The predicted octanol–water partition coefficient (Wildman–Crippen LogP) is 0.358. The molecular weight excluding hydrogens is 270 g/mol. The minimum absolute atomic E-state index is 0.0155. The molecule has 1 atom stereocenters. The summed E-state index contributed by atoms with van der Waals surface area (Å²) in [6, 6.07) is 0. The second-order valence-electron chi connectivity index (χ2n) is 5.75. The van der Waals surface area contributed by atoms with Crippen LogP contribution in [0.2, 0.25) is 0 Å². The standard InChI is InChI=1S/C14H23N5O2/c1-10(2)14(21)19-7-3-4-11(8-19)13(20)15-6-5-12-16-9-17-18-12/h9-11H,3-8H2,1-2H3,(H,15,20)(H,16,17,18). The quantitative estimate of drug-likeness (QED) is 0.820. The fraction of sp³-hybridized carbons (Fsp3) is 0.714. The summed E-state index contributed by atoms with van der Waals surface area (Å²) in [6.45, 7) is 5.61. The van der Waals surface area contributed by atoms with Crippen LogP contribution in [0.4, 0.5) is 0 Å². The van der Waals surface area contributed by atoms with Gasteiger partial charge in [-0.2, -0.15) is 5.10 Å². The number of likely N-dealkylation sites (tertiary alicyclic amines) is 1. The van der Waals surface area contributed by atoms with Crippen LogP contribution in [0.5, 0.6) is 0 Å². The minimum atomic E-state index is -0.101. The Hall–Kier alpha value is -1.92. The molecule has 0 bridgehead atoms. The molecule has 1 aliphatic heterocycles. The van der Waals surface area contributed by atoms with E-state index in [0.29, 0.717) is 19.5 Å². The molecule has 0 spiro atoms. The molecule has 0 saturated carbocycles. The highest BCUT2D eigenvalue weighted by Crippen LogP contribution is 2.18. The van der Waals surface area contributed by atoms with Crippen LogP contribution < -0.4 is 5.32 Å². The van der Waals surface area contributed by atoms with Gasteiger partial charge >= 0.3 is 0 Å². The first kappa shape index (κ1) is 15.5. The molecule has 7 nitrogen and oxygen atoms in total. The molecule has 1 fully saturated rings. The van der Waals surface area contributed by atoms with Crippen molar-refractivity contribution in [2.75, 3.05) is 19.6 Å². The van der Waals surface area contributed by atoms with Crippen LogP contribution in [-0.2, 0) is 16.0 Å². The zero-order valence-electron chi connectivity index (χ0n) is 12.6. The van der Waals surface area contributed by atoms with E-state index in [-0.39, 0.29) is 23.7 Å². The Balaban J connectivity index is 1.77. The Morgan fingerprint density at radius 3 is 3.00 bits per heavy atom. The van der Waals surface area contributed by atoms with E-state index in [0.717, 1.165) is 25.2 Å². The number of nitrogens with one attached hydrogen (secondary N) is 2. The summed E-state index contributed by atoms with van der Waals surface area (Å²) in [7, 11) is 0. The molecule has 0 aliphatic carbocycles. The third kappa shape index (κ3) is 4.27. The van der Waals surface area contributed by atoms with Crippen LogP contribution in [0.15, 0.2) is 6.33 Å². The average Bonchev–Trinajstić information content (AvgIpc) is 2.99. The molecular formula is C14H23N5O2. The van der Waals surface area contributed by atoms with Gasteiger partial charge in [0.1, 0.15) is 12.2 Å². The maximum absolute atomic E-state index is 12.2. The summed E-state index contributed by atoms with van der Waals surface area (Å²) in [6.07, 6.45) is 3.81. The smallest absolute Gasteiger partial charge is 0.225 e. The van der Waals surface area contributed by atoms with E-state index in [2.05, 4.69) is 20.5 Å². The summed E-state index contributed by atoms with van der Waals surface area (Å²) in [5.74, 6) is 0.801. The summed E-state index contributed by atoms with van der Waals surface area (Å²) in [5.41, 5.74) is 0. The first-order valence-electron chi connectivity index (χ1n) is 7.48. The van der Waals surface area contributed by atoms with Crippen molar-refractivity contribution >= 4 is 11.8 Å². The number of rotatable bonds is 5. The Labute approximate surface area is 124 Å². The molecule has 1 aromatic rings. The zero-order valence-corrected chi connectivity index (χ0v) is 12.6. The van der Waals surface area contributed by atoms with Gasteiger partial charge in [0.15, 0.2) is 0 Å². The molecule has 2 heterocycles. The topological polar surface area (TPSA) is 91.0 Å². The zero-order chi connectivity index (χ0) is 15.2. The number of amides is 2. The van der Waals surface area contributed by atoms with E-state index in [9.17, 15) is 9.59 Å². The van der Waals surface area contributed by atoms with Gasteiger partial charge in [0.25, 0.3) is 0 Å². The molecule has 1 aromatic heterocycles. The van der Waals surface area contributed by atoms with Crippen LogP contribution in [0.3, 0.4) is 0 Å². The molecule has 2 amide bonds. The van der Waals surface area contributed by atoms with Gasteiger partial charge in [-0.3, -0.25) is 14.7 Å². The van der Waals surface area contributed by atoms with Crippen LogP contribution in [0.25, 0.3) is 0 Å². The highest BCUT2D eigenvalue weighted by molar-refractivity contribution is 5.82. The molecule has 1 saturated heterocycles. The number of H-pyrrole nitrogens is 1. The largest absolute Gasteiger partial charge is 0.355 e. The van der Waals surface area contributed by atoms with E-state index < -0.39 is 0 Å². The van der Waals surface area contributed by atoms with Crippen molar-refractivity contribution in [2.45, 2.75) is 33.1 Å². The van der Waals surface area contributed by atoms with Gasteiger partial charge < -0.3 is 10.2 Å². The summed E-state index contributed by atoms with van der Waals surface area (Å²) < 4.78 is 0. The van der Waals surface area contributed by atoms with Gasteiger partial charge in [-0.05, 0) is 12.8 Å². The second kappa shape index (κ2) is 7.19. The molecule has 0 radical (unpaired) electrons. The number of carbonyl (C=O) groups excluding carboxylic acids is 2. The number of hydrogen-bond acceptors (Lipinski definition) is 4. The third-order valence-electron chi connectivity index (χ3n) is 3.72. The normalized spacial score (nSPS) is 18.8. The van der Waals surface area contributed by atoms with E-state index in [1.807, 2.05) is 18.7 Å². The molecule has 0 aromatic carbocycles. The Morgan fingerprint density at radius 2 is 2.33 bits per heavy atom. The van der Waals surface area contributed by atoms with Crippen molar-refractivity contribution in [1.82, 2.24) is 25.4 Å². The lowest BCUT2D eigenvalue weighted by Gasteiger charge is -2.33. The maximum atomic E-state index is 12.2. The Bertz CT molecular complexity index is 472. The fourth-order valence-electron chi connectivity index (χ4n) is 2.56. The van der Waals surface area contributed by atoms with Crippen LogP contribution in [0, 0.1) is 11.8 Å². The van der Waals surface area contributed by atoms with Crippen molar-refractivity contribution < 1.29 is 9.59 Å². The van der Waals surface area contributed by atoms with Crippen molar-refractivity contribution in [3.63, 3.8) is 0 Å². The molecule has 2 rings (SSSR count). The average molecular weight is 293 g/mol. The lowest BCUT2D eigenvalue weighted by atomic mass is 9.96. The molecule has 7 heteroatoms. The van der Waals surface area contributed by atoms with Crippen LogP contribution in [-0.4, -0.2) is 51.5 Å². The van der Waals surface area contributed by atoms with Crippen molar-refractivity contribution in [2.24, 2.45) is 11.8 Å². The van der Waals surface area contributed by atoms with Gasteiger partial charge in [-0.1, -0.05) is 13.8 Å². The van der Waals surface area contributed by atoms with Gasteiger partial charge in [0.2, 0.25) is 11.8 Å². The van der Waals surface area contributed by atoms with E-state index >= 15 is 0 Å². The van der Waals surface area contributed by atoms with Gasteiger partial charge in [0.05, 0.1) is 5.92 Å². The maximum Gasteiger partial charge on any atom is 0.225 e. The van der Waals surface area contributed by atoms with Crippen molar-refractivity contribution in [3.8, 4) is 0 Å². The first-order valence-corrected chi connectivity index (χ1v) is 7.48. The lowest BCUT2D eigenvalue weighted by molar-refractivity contribution is -0.138. The van der Waals surface area contributed by atoms with E-state index in [1.165, 1.54) is 6.33 Å². The molecule has 116 valence electrons. The van der Waals surface area contributed by atoms with Crippen LogP contribution in [0.1, 0.15) is 32.5 Å². The van der Waals surface area contributed by atoms with E-state index in [4.69, 9.17) is 0 Å². The number of aromatic amines is 1. The number of piperidine rings is 1. The van der Waals surface area contributed by atoms with Crippen LogP contribution >= 0.6 is 0 Å². The molecule has 2 N–H and O–H groups in total. The summed E-state index contributed by atoms with van der Waals surface area (Å²) in [5, 5.41) is 9.44. The fourth-order valence-corrected chi connectivity index (χ4v) is 2.56. The van der Waals surface area contributed by atoms with Crippen molar-refractivity contribution in [1.29, 1.82) is 0 Å². The monoisotopic (exact) mass is 293 g/mol. The third-order valence-corrected chi connectivity index (χ3v) is 3.72. The van der Waals surface area contributed by atoms with Gasteiger partial charge in [0, 0.05) is 32.0 Å². The first-order chi connectivity index (χ1) is 10.1. The molecule has 21 heavy (non-hydrogen) atoms. The summed E-state index contributed by atoms with van der Waals surface area (Å²) >= 11 is 0. The van der Waals surface area contributed by atoms with E-state index in [1.54, 1.807) is 0 Å². The number of aromatic nitrogens is 3. The molecule has 1 unspecified atom stereocenters. The Kier molecular flexibility index (Phi) is 5.30. The molecule has 1 aliphatic rings. The minimum Gasteiger partial charge on any atom is -0.355 e. The Morgan fingerprint density at radius 1 is 1.52 bits per heavy atom.